The van der Waals surface area contributed by atoms with Gasteiger partial charge >= 0.3 is 0 Å². The number of carbonyl (C=O) groups excluding carboxylic acids is 1. The normalized spacial score (nSPS) is 22.1. The van der Waals surface area contributed by atoms with Gasteiger partial charge < -0.3 is 9.64 Å². The van der Waals surface area contributed by atoms with Crippen LogP contribution in [0.2, 0.25) is 0 Å². The van der Waals surface area contributed by atoms with E-state index in [0.717, 1.165) is 17.3 Å². The maximum absolute atomic E-state index is 13.7. The molecule has 1 saturated heterocycles. The Balaban J connectivity index is 1.77. The van der Waals surface area contributed by atoms with Crippen LogP contribution in [0.5, 0.6) is 5.75 Å². The molecule has 0 N–H and O–H groups in total. The van der Waals surface area contributed by atoms with Crippen molar-refractivity contribution in [1.29, 1.82) is 0 Å². The summed E-state index contributed by atoms with van der Waals surface area (Å²) in [7, 11) is -0.684. The Hall–Kier alpha value is -2.45. The lowest BCUT2D eigenvalue weighted by Gasteiger charge is -2.24. The highest BCUT2D eigenvalue weighted by molar-refractivity contribution is 7.89. The van der Waals surface area contributed by atoms with Gasteiger partial charge in [-0.25, -0.2) is 12.8 Å². The number of rotatable bonds is 3. The van der Waals surface area contributed by atoms with Gasteiger partial charge in [0.15, 0.2) is 0 Å². The van der Waals surface area contributed by atoms with Crippen molar-refractivity contribution < 1.29 is 22.3 Å². The summed E-state index contributed by atoms with van der Waals surface area (Å²) in [5.41, 5.74) is 1.05. The first-order valence-electron chi connectivity index (χ1n) is 8.94. The number of aryl methyl sites for hydroxylation is 1. The quantitative estimate of drug-likeness (QED) is 0.788. The highest BCUT2D eigenvalue weighted by atomic mass is 32.2. The van der Waals surface area contributed by atoms with Crippen LogP contribution in [-0.2, 0) is 20.2 Å². The summed E-state index contributed by atoms with van der Waals surface area (Å²) in [5.74, 6) is -0.127. The van der Waals surface area contributed by atoms with E-state index < -0.39 is 21.3 Å². The van der Waals surface area contributed by atoms with Crippen LogP contribution in [0.4, 0.5) is 10.1 Å². The second-order valence-corrected chi connectivity index (χ2v) is 9.23. The maximum Gasteiger partial charge on any atom is 0.243 e. The van der Waals surface area contributed by atoms with Crippen molar-refractivity contribution in [3.05, 3.63) is 53.3 Å². The first kappa shape index (κ1) is 18.9. The van der Waals surface area contributed by atoms with Crippen LogP contribution in [0.25, 0.3) is 0 Å². The molecule has 4 rings (SSSR count). The van der Waals surface area contributed by atoms with Crippen LogP contribution in [0, 0.1) is 12.7 Å². The van der Waals surface area contributed by atoms with Crippen molar-refractivity contribution in [3.8, 4) is 5.75 Å². The summed E-state index contributed by atoms with van der Waals surface area (Å²) < 4.78 is 46.6. The summed E-state index contributed by atoms with van der Waals surface area (Å²) >= 11 is 0. The molecule has 0 aliphatic carbocycles. The van der Waals surface area contributed by atoms with Gasteiger partial charge in [0.2, 0.25) is 15.9 Å². The zero-order chi connectivity index (χ0) is 20.3. The van der Waals surface area contributed by atoms with E-state index in [1.807, 2.05) is 6.07 Å². The van der Waals surface area contributed by atoms with Crippen LogP contribution in [-0.4, -0.2) is 45.9 Å². The lowest BCUT2D eigenvalue weighted by molar-refractivity contribution is -0.122. The number of anilines is 1. The van der Waals surface area contributed by atoms with E-state index in [9.17, 15) is 17.6 Å². The predicted molar refractivity (Wildman–Crippen MR) is 103 cm³/mol. The third-order valence-electron chi connectivity index (χ3n) is 5.80. The van der Waals surface area contributed by atoms with Crippen molar-refractivity contribution in [1.82, 2.24) is 4.31 Å². The standard InChI is InChI=1S/C20H21FN2O4S/c1-13-4-5-14(21)10-18(13)28(25,26)23-9-8-20(12-23)16-11-15(27-3)6-7-17(16)22(2)19(20)24/h4-7,10-11H,8-9,12H2,1-3H3/t20-/m1/s1. The monoisotopic (exact) mass is 404 g/mol. The first-order chi connectivity index (χ1) is 13.2. The molecule has 148 valence electrons. The van der Waals surface area contributed by atoms with Gasteiger partial charge in [0, 0.05) is 25.8 Å². The van der Waals surface area contributed by atoms with Crippen LogP contribution in [0.3, 0.4) is 0 Å². The van der Waals surface area contributed by atoms with Gasteiger partial charge in [-0.15, -0.1) is 0 Å². The number of amides is 1. The Labute approximate surface area is 163 Å². The van der Waals surface area contributed by atoms with Gasteiger partial charge in [-0.1, -0.05) is 6.07 Å². The molecule has 1 fully saturated rings. The molecular weight excluding hydrogens is 383 g/mol. The van der Waals surface area contributed by atoms with Gasteiger partial charge in [0.1, 0.15) is 11.6 Å². The Morgan fingerprint density at radius 1 is 1.18 bits per heavy atom. The van der Waals surface area contributed by atoms with E-state index in [4.69, 9.17) is 4.74 Å². The molecule has 2 heterocycles. The molecule has 2 aliphatic heterocycles. The van der Waals surface area contributed by atoms with Crippen molar-refractivity contribution in [3.63, 3.8) is 0 Å². The van der Waals surface area contributed by atoms with Crippen LogP contribution < -0.4 is 9.64 Å². The van der Waals surface area contributed by atoms with Gasteiger partial charge in [0.05, 0.1) is 17.4 Å². The number of hydrogen-bond donors (Lipinski definition) is 0. The number of hydrogen-bond acceptors (Lipinski definition) is 4. The first-order valence-corrected chi connectivity index (χ1v) is 10.4. The molecule has 0 unspecified atom stereocenters. The Morgan fingerprint density at radius 2 is 1.93 bits per heavy atom. The highest BCUT2D eigenvalue weighted by Crippen LogP contribution is 2.48. The fourth-order valence-corrected chi connectivity index (χ4v) is 5.97. The number of likely N-dealkylation sites (N-methyl/N-ethyl adjacent to an activating group) is 1. The lowest BCUT2D eigenvalue weighted by Crippen LogP contribution is -2.42. The molecule has 2 aromatic carbocycles. The Morgan fingerprint density at radius 3 is 2.64 bits per heavy atom. The number of sulfonamides is 1. The number of benzene rings is 2. The number of nitrogens with zero attached hydrogens (tertiary/aromatic N) is 2. The topological polar surface area (TPSA) is 66.9 Å². The minimum absolute atomic E-state index is 0.0224. The number of ether oxygens (including phenoxy) is 1. The molecule has 1 spiro atoms. The van der Waals surface area contributed by atoms with E-state index in [1.54, 1.807) is 38.1 Å². The van der Waals surface area contributed by atoms with Crippen molar-refractivity contribution in [2.75, 3.05) is 32.1 Å². The lowest BCUT2D eigenvalue weighted by atomic mass is 9.81. The highest BCUT2D eigenvalue weighted by Gasteiger charge is 2.55. The molecular formula is C20H21FN2O4S. The molecule has 0 aromatic heterocycles. The molecule has 6 nitrogen and oxygen atoms in total. The van der Waals surface area contributed by atoms with Crippen LogP contribution in [0.1, 0.15) is 17.5 Å². The van der Waals surface area contributed by atoms with E-state index >= 15 is 0 Å². The average molecular weight is 404 g/mol. The number of halogens is 1. The maximum atomic E-state index is 13.7. The summed E-state index contributed by atoms with van der Waals surface area (Å²) in [4.78, 5) is 14.6. The number of carbonyl (C=O) groups is 1. The second-order valence-electron chi connectivity index (χ2n) is 7.33. The fourth-order valence-electron chi connectivity index (χ4n) is 4.23. The van der Waals surface area contributed by atoms with Gasteiger partial charge in [-0.2, -0.15) is 4.31 Å². The number of methoxy groups -OCH3 is 1. The summed E-state index contributed by atoms with van der Waals surface area (Å²) in [6, 6.07) is 9.12. The average Bonchev–Trinajstić information content (AvgIpc) is 3.22. The fraction of sp³-hybridized carbons (Fsp3) is 0.350. The molecule has 0 bridgehead atoms. The molecule has 28 heavy (non-hydrogen) atoms. The molecule has 2 aromatic rings. The minimum Gasteiger partial charge on any atom is -0.497 e. The van der Waals surface area contributed by atoms with Gasteiger partial charge in [-0.05, 0) is 54.8 Å². The van der Waals surface area contributed by atoms with Crippen molar-refractivity contribution >= 4 is 21.6 Å². The molecule has 0 saturated carbocycles. The van der Waals surface area contributed by atoms with E-state index in [2.05, 4.69) is 0 Å². The zero-order valence-corrected chi connectivity index (χ0v) is 16.7. The molecule has 1 atom stereocenters. The molecule has 0 radical (unpaired) electrons. The zero-order valence-electron chi connectivity index (χ0n) is 15.9. The summed E-state index contributed by atoms with van der Waals surface area (Å²) in [6.07, 6.45) is 0.365. The Bertz CT molecular complexity index is 1090. The Kier molecular flexibility index (Phi) is 4.24. The van der Waals surface area contributed by atoms with Gasteiger partial charge in [-0.3, -0.25) is 4.79 Å². The SMILES string of the molecule is COc1ccc2c(c1)[C@]1(CCN(S(=O)(=O)c3cc(F)ccc3C)C1)C(=O)N2C. The third kappa shape index (κ3) is 2.55. The van der Waals surface area contributed by atoms with Crippen molar-refractivity contribution in [2.45, 2.75) is 23.7 Å². The third-order valence-corrected chi connectivity index (χ3v) is 7.78. The molecule has 8 heteroatoms. The van der Waals surface area contributed by atoms with Gasteiger partial charge in [0.25, 0.3) is 0 Å². The second kappa shape index (κ2) is 6.28. The summed E-state index contributed by atoms with van der Waals surface area (Å²) in [5, 5.41) is 0. The number of fused-ring (bicyclic) bond motifs is 2. The van der Waals surface area contributed by atoms with E-state index in [-0.39, 0.29) is 23.9 Å². The van der Waals surface area contributed by atoms with E-state index in [0.29, 0.717) is 17.7 Å². The molecule has 2 aliphatic rings. The van der Waals surface area contributed by atoms with E-state index in [1.165, 1.54) is 16.4 Å². The summed E-state index contributed by atoms with van der Waals surface area (Å²) in [6.45, 7) is 1.84. The van der Waals surface area contributed by atoms with Crippen LogP contribution in [0.15, 0.2) is 41.3 Å². The van der Waals surface area contributed by atoms with Crippen molar-refractivity contribution in [2.24, 2.45) is 0 Å². The molecule has 1 amide bonds. The van der Waals surface area contributed by atoms with Crippen LogP contribution >= 0.6 is 0 Å². The predicted octanol–water partition coefficient (Wildman–Crippen LogP) is 2.45. The smallest absolute Gasteiger partial charge is 0.243 e. The minimum atomic E-state index is -3.92. The largest absolute Gasteiger partial charge is 0.497 e.